The van der Waals surface area contributed by atoms with Crippen LogP contribution in [0.5, 0.6) is 0 Å². The Hall–Kier alpha value is -1.64. The van der Waals surface area contributed by atoms with E-state index in [0.717, 1.165) is 24.9 Å². The SMILES string of the molecule is CCN1Cc2ccccc2C(C2CCCC2)(C2CCN(Cc3ccccc3)CC2)C1. The summed E-state index contributed by atoms with van der Waals surface area (Å²) in [5.41, 5.74) is 5.18. The van der Waals surface area contributed by atoms with Gasteiger partial charge in [-0.2, -0.15) is 0 Å². The van der Waals surface area contributed by atoms with Crippen molar-refractivity contribution in [2.45, 2.75) is 64.0 Å². The standard InChI is InChI=1S/C28H38N2/c1-2-29-21-24-12-6-9-15-27(24)28(22-29,25-13-7-8-14-25)26-16-18-30(19-17-26)20-23-10-4-3-5-11-23/h3-6,9-12,15,25-26H,2,7-8,13-14,16-22H2,1H3. The molecule has 2 heterocycles. The highest BCUT2D eigenvalue weighted by Crippen LogP contribution is 2.53. The van der Waals surface area contributed by atoms with E-state index in [1.807, 2.05) is 0 Å². The number of fused-ring (bicyclic) bond motifs is 1. The first-order chi connectivity index (χ1) is 14.8. The number of nitrogens with zero attached hydrogens (tertiary/aromatic N) is 2. The lowest BCUT2D eigenvalue weighted by Crippen LogP contribution is -2.56. The third-order valence-corrected chi connectivity index (χ3v) is 8.49. The molecule has 1 atom stereocenters. The van der Waals surface area contributed by atoms with Crippen LogP contribution in [0.1, 0.15) is 62.1 Å². The minimum Gasteiger partial charge on any atom is -0.299 e. The molecule has 1 saturated carbocycles. The van der Waals surface area contributed by atoms with Crippen molar-refractivity contribution in [3.8, 4) is 0 Å². The van der Waals surface area contributed by atoms with Crippen LogP contribution in [-0.4, -0.2) is 36.0 Å². The molecule has 1 unspecified atom stereocenters. The molecule has 160 valence electrons. The number of hydrogen-bond donors (Lipinski definition) is 0. The Balaban J connectivity index is 1.42. The van der Waals surface area contributed by atoms with Crippen molar-refractivity contribution in [3.05, 3.63) is 71.3 Å². The number of piperidine rings is 1. The molecular formula is C28H38N2. The van der Waals surface area contributed by atoms with Crippen molar-refractivity contribution in [1.82, 2.24) is 9.80 Å². The molecule has 0 spiro atoms. The van der Waals surface area contributed by atoms with E-state index in [4.69, 9.17) is 0 Å². The van der Waals surface area contributed by atoms with Crippen LogP contribution in [0.25, 0.3) is 0 Å². The fraction of sp³-hybridized carbons (Fsp3) is 0.571. The number of likely N-dealkylation sites (N-methyl/N-ethyl adjacent to an activating group) is 1. The topological polar surface area (TPSA) is 6.48 Å². The van der Waals surface area contributed by atoms with E-state index < -0.39 is 0 Å². The Morgan fingerprint density at radius 1 is 0.800 bits per heavy atom. The van der Waals surface area contributed by atoms with Gasteiger partial charge in [0.15, 0.2) is 0 Å². The van der Waals surface area contributed by atoms with Gasteiger partial charge in [-0.3, -0.25) is 9.80 Å². The van der Waals surface area contributed by atoms with Gasteiger partial charge in [-0.15, -0.1) is 0 Å². The molecular weight excluding hydrogens is 364 g/mol. The summed E-state index contributed by atoms with van der Waals surface area (Å²) in [4.78, 5) is 5.44. The van der Waals surface area contributed by atoms with Crippen molar-refractivity contribution in [2.75, 3.05) is 26.2 Å². The lowest BCUT2D eigenvalue weighted by molar-refractivity contribution is 0.0387. The molecule has 5 rings (SSSR count). The Morgan fingerprint density at radius 2 is 1.47 bits per heavy atom. The first-order valence-corrected chi connectivity index (χ1v) is 12.4. The highest BCUT2D eigenvalue weighted by Gasteiger charge is 2.51. The highest BCUT2D eigenvalue weighted by atomic mass is 15.1. The lowest BCUT2D eigenvalue weighted by Gasteiger charge is -2.54. The molecule has 2 fully saturated rings. The molecule has 2 heteroatoms. The van der Waals surface area contributed by atoms with Crippen molar-refractivity contribution in [3.63, 3.8) is 0 Å². The van der Waals surface area contributed by atoms with Crippen LogP contribution < -0.4 is 0 Å². The number of benzene rings is 2. The average molecular weight is 403 g/mol. The maximum absolute atomic E-state index is 2.75. The Kier molecular flexibility index (Phi) is 5.98. The van der Waals surface area contributed by atoms with Gasteiger partial charge in [0.2, 0.25) is 0 Å². The van der Waals surface area contributed by atoms with E-state index >= 15 is 0 Å². The van der Waals surface area contributed by atoms with Crippen LogP contribution in [0, 0.1) is 11.8 Å². The molecule has 0 aromatic heterocycles. The van der Waals surface area contributed by atoms with Crippen LogP contribution in [-0.2, 0) is 18.5 Å². The van der Waals surface area contributed by atoms with Gasteiger partial charge in [-0.25, -0.2) is 0 Å². The predicted octanol–water partition coefficient (Wildman–Crippen LogP) is 5.86. The number of rotatable bonds is 5. The number of hydrogen-bond acceptors (Lipinski definition) is 2. The van der Waals surface area contributed by atoms with Crippen LogP contribution in [0.15, 0.2) is 54.6 Å². The summed E-state index contributed by atoms with van der Waals surface area (Å²) in [5.74, 6) is 1.70. The molecule has 1 saturated heterocycles. The van der Waals surface area contributed by atoms with Gasteiger partial charge in [-0.1, -0.05) is 74.4 Å². The van der Waals surface area contributed by atoms with Crippen LogP contribution >= 0.6 is 0 Å². The molecule has 0 amide bonds. The minimum absolute atomic E-state index is 0.375. The lowest BCUT2D eigenvalue weighted by atomic mass is 9.57. The quantitative estimate of drug-likeness (QED) is 0.618. The molecule has 2 nitrogen and oxygen atoms in total. The van der Waals surface area contributed by atoms with E-state index in [0.29, 0.717) is 5.41 Å². The predicted molar refractivity (Wildman–Crippen MR) is 125 cm³/mol. The van der Waals surface area contributed by atoms with Crippen LogP contribution in [0.3, 0.4) is 0 Å². The van der Waals surface area contributed by atoms with Crippen molar-refractivity contribution >= 4 is 0 Å². The van der Waals surface area contributed by atoms with E-state index in [9.17, 15) is 0 Å². The Bertz CT molecular complexity index is 818. The average Bonchev–Trinajstić information content (AvgIpc) is 3.35. The van der Waals surface area contributed by atoms with Crippen molar-refractivity contribution in [2.24, 2.45) is 11.8 Å². The van der Waals surface area contributed by atoms with Gasteiger partial charge in [0.05, 0.1) is 0 Å². The summed E-state index contributed by atoms with van der Waals surface area (Å²) in [6.45, 7) is 9.58. The van der Waals surface area contributed by atoms with Gasteiger partial charge in [-0.05, 0) is 73.8 Å². The monoisotopic (exact) mass is 402 g/mol. The van der Waals surface area contributed by atoms with E-state index in [-0.39, 0.29) is 0 Å². The van der Waals surface area contributed by atoms with E-state index in [2.05, 4.69) is 71.3 Å². The molecule has 2 aromatic rings. The third-order valence-electron chi connectivity index (χ3n) is 8.49. The zero-order valence-electron chi connectivity index (χ0n) is 18.7. The molecule has 0 radical (unpaired) electrons. The zero-order chi connectivity index (χ0) is 20.4. The maximum atomic E-state index is 2.75. The summed E-state index contributed by atoms with van der Waals surface area (Å²) in [6, 6.07) is 20.5. The minimum atomic E-state index is 0.375. The Morgan fingerprint density at radius 3 is 2.20 bits per heavy atom. The van der Waals surface area contributed by atoms with Crippen LogP contribution in [0.2, 0.25) is 0 Å². The second-order valence-corrected chi connectivity index (χ2v) is 10.0. The molecule has 1 aliphatic carbocycles. The molecule has 2 aromatic carbocycles. The smallest absolute Gasteiger partial charge is 0.0236 e. The van der Waals surface area contributed by atoms with Gasteiger partial charge in [0.1, 0.15) is 0 Å². The fourth-order valence-corrected chi connectivity index (χ4v) is 7.01. The largest absolute Gasteiger partial charge is 0.299 e. The summed E-state index contributed by atoms with van der Waals surface area (Å²) >= 11 is 0. The first kappa shape index (κ1) is 20.3. The normalized spacial score (nSPS) is 26.7. The molecule has 30 heavy (non-hydrogen) atoms. The fourth-order valence-electron chi connectivity index (χ4n) is 7.01. The van der Waals surface area contributed by atoms with E-state index in [1.54, 1.807) is 11.1 Å². The molecule has 2 aliphatic heterocycles. The number of likely N-dealkylation sites (tertiary alicyclic amines) is 1. The summed E-state index contributed by atoms with van der Waals surface area (Å²) in [7, 11) is 0. The second kappa shape index (κ2) is 8.85. The van der Waals surface area contributed by atoms with Crippen molar-refractivity contribution in [1.29, 1.82) is 0 Å². The molecule has 0 bridgehead atoms. The zero-order valence-corrected chi connectivity index (χ0v) is 18.7. The summed E-state index contributed by atoms with van der Waals surface area (Å²) in [5, 5.41) is 0. The summed E-state index contributed by atoms with van der Waals surface area (Å²) < 4.78 is 0. The third kappa shape index (κ3) is 3.74. The van der Waals surface area contributed by atoms with Crippen molar-refractivity contribution < 1.29 is 0 Å². The van der Waals surface area contributed by atoms with Gasteiger partial charge >= 0.3 is 0 Å². The maximum Gasteiger partial charge on any atom is 0.0236 e. The summed E-state index contributed by atoms with van der Waals surface area (Å²) in [6.07, 6.45) is 8.47. The van der Waals surface area contributed by atoms with Gasteiger partial charge in [0, 0.05) is 25.0 Å². The molecule has 3 aliphatic rings. The Labute approximate surface area is 183 Å². The van der Waals surface area contributed by atoms with Crippen LogP contribution in [0.4, 0.5) is 0 Å². The van der Waals surface area contributed by atoms with Gasteiger partial charge < -0.3 is 0 Å². The van der Waals surface area contributed by atoms with E-state index in [1.165, 1.54) is 70.3 Å². The molecule has 0 N–H and O–H groups in total. The second-order valence-electron chi connectivity index (χ2n) is 10.0. The highest BCUT2D eigenvalue weighted by molar-refractivity contribution is 5.39. The van der Waals surface area contributed by atoms with Gasteiger partial charge in [0.25, 0.3) is 0 Å². The first-order valence-electron chi connectivity index (χ1n) is 12.4.